The first-order chi connectivity index (χ1) is 14.0. The molecule has 1 saturated heterocycles. The van der Waals surface area contributed by atoms with Crippen LogP contribution in [0.3, 0.4) is 0 Å². The second-order valence-electron chi connectivity index (χ2n) is 7.40. The summed E-state index contributed by atoms with van der Waals surface area (Å²) in [6, 6.07) is 0. The number of carbonyl (C=O) groups is 2. The van der Waals surface area contributed by atoms with Crippen LogP contribution in [0.15, 0.2) is 6.33 Å². The zero-order valence-electron chi connectivity index (χ0n) is 17.3. The Kier molecular flexibility index (Phi) is 7.38. The number of aryl methyl sites for hydroxylation is 1. The van der Waals surface area contributed by atoms with Gasteiger partial charge in [0.05, 0.1) is 23.0 Å². The Morgan fingerprint density at radius 2 is 2.17 bits per heavy atom. The maximum Gasteiger partial charge on any atom is 0.261 e. The highest BCUT2D eigenvalue weighted by molar-refractivity contribution is 7.20. The summed E-state index contributed by atoms with van der Waals surface area (Å²) in [7, 11) is 0. The van der Waals surface area contributed by atoms with Crippen LogP contribution in [0.5, 0.6) is 0 Å². The van der Waals surface area contributed by atoms with Gasteiger partial charge in [-0.2, -0.15) is 0 Å². The lowest BCUT2D eigenvalue weighted by atomic mass is 10.2. The van der Waals surface area contributed by atoms with Crippen molar-refractivity contribution in [3.63, 3.8) is 0 Å². The number of aromatic nitrogens is 2. The lowest BCUT2D eigenvalue weighted by Crippen LogP contribution is -2.27. The van der Waals surface area contributed by atoms with Crippen molar-refractivity contribution < 1.29 is 14.3 Å². The van der Waals surface area contributed by atoms with Crippen molar-refractivity contribution in [2.24, 2.45) is 0 Å². The van der Waals surface area contributed by atoms with Crippen molar-refractivity contribution in [2.45, 2.75) is 46.1 Å². The van der Waals surface area contributed by atoms with Gasteiger partial charge in [-0.1, -0.05) is 0 Å². The number of fused-ring (bicyclic) bond motifs is 1. The van der Waals surface area contributed by atoms with Crippen LogP contribution in [0.4, 0.5) is 5.82 Å². The number of thiophene rings is 1. The van der Waals surface area contributed by atoms with Gasteiger partial charge >= 0.3 is 0 Å². The van der Waals surface area contributed by atoms with Crippen molar-refractivity contribution >= 4 is 39.2 Å². The molecule has 29 heavy (non-hydrogen) atoms. The molecule has 0 bridgehead atoms. The van der Waals surface area contributed by atoms with E-state index in [0.29, 0.717) is 31.0 Å². The second-order valence-corrected chi connectivity index (χ2v) is 8.40. The van der Waals surface area contributed by atoms with E-state index in [-0.39, 0.29) is 17.9 Å². The summed E-state index contributed by atoms with van der Waals surface area (Å²) in [5.41, 5.74) is 0.880. The highest BCUT2D eigenvalue weighted by Gasteiger charge is 2.20. The van der Waals surface area contributed by atoms with Crippen LogP contribution >= 0.6 is 11.3 Å². The molecule has 1 aliphatic rings. The van der Waals surface area contributed by atoms with Crippen molar-refractivity contribution in [1.82, 2.24) is 20.2 Å². The molecule has 9 heteroatoms. The predicted molar refractivity (Wildman–Crippen MR) is 114 cm³/mol. The summed E-state index contributed by atoms with van der Waals surface area (Å²) in [4.78, 5) is 36.3. The summed E-state index contributed by atoms with van der Waals surface area (Å²) in [6.45, 7) is 9.14. The van der Waals surface area contributed by atoms with Gasteiger partial charge in [0, 0.05) is 32.6 Å². The van der Waals surface area contributed by atoms with Gasteiger partial charge in [-0.3, -0.25) is 9.59 Å². The van der Waals surface area contributed by atoms with E-state index in [4.69, 9.17) is 4.74 Å². The molecule has 3 rings (SSSR count). The molecular weight excluding hydrogens is 390 g/mol. The Labute approximate surface area is 175 Å². The molecule has 2 aromatic rings. The third kappa shape index (κ3) is 5.42. The van der Waals surface area contributed by atoms with Crippen LogP contribution in [-0.4, -0.2) is 65.6 Å². The van der Waals surface area contributed by atoms with E-state index in [1.165, 1.54) is 17.7 Å². The van der Waals surface area contributed by atoms with Crippen LogP contribution in [0.25, 0.3) is 10.2 Å². The van der Waals surface area contributed by atoms with Crippen LogP contribution in [0.2, 0.25) is 0 Å². The van der Waals surface area contributed by atoms with Gasteiger partial charge < -0.3 is 20.3 Å². The van der Waals surface area contributed by atoms with Crippen LogP contribution < -0.4 is 10.6 Å². The average molecular weight is 420 g/mol. The van der Waals surface area contributed by atoms with Crippen molar-refractivity contribution in [3.05, 3.63) is 16.8 Å². The lowest BCUT2D eigenvalue weighted by Gasteiger charge is -2.15. The minimum atomic E-state index is -0.114. The Bertz CT molecular complexity index is 867. The van der Waals surface area contributed by atoms with E-state index in [9.17, 15) is 9.59 Å². The molecule has 0 saturated carbocycles. The summed E-state index contributed by atoms with van der Waals surface area (Å²) in [5.74, 6) is 0.868. The highest BCUT2D eigenvalue weighted by atomic mass is 32.1. The molecule has 2 amide bonds. The van der Waals surface area contributed by atoms with Gasteiger partial charge in [0.2, 0.25) is 5.91 Å². The first-order valence-corrected chi connectivity index (χ1v) is 10.9. The van der Waals surface area contributed by atoms with E-state index < -0.39 is 0 Å². The van der Waals surface area contributed by atoms with E-state index >= 15 is 0 Å². The molecular formula is C20H29N5O3S. The SMILES string of the molecule is Cc1c(C(=O)NCCOC(C)C)sc2ncnc(NCCCN3CCCC3=O)c12. The van der Waals surface area contributed by atoms with E-state index in [1.807, 2.05) is 25.7 Å². The molecule has 0 aliphatic carbocycles. The molecule has 0 spiro atoms. The molecule has 1 aliphatic heterocycles. The van der Waals surface area contributed by atoms with Gasteiger partial charge in [0.25, 0.3) is 5.91 Å². The Morgan fingerprint density at radius 1 is 1.34 bits per heavy atom. The molecule has 0 atom stereocenters. The average Bonchev–Trinajstić information content (AvgIpc) is 3.25. The standard InChI is InChI=1S/C20H29N5O3S/c1-13(2)28-11-8-22-19(27)17-14(3)16-18(23-12-24-20(16)29-17)21-7-5-10-25-9-4-6-15(25)26/h12-13H,4-11H2,1-3H3,(H,22,27)(H,21,23,24). The molecule has 2 N–H and O–H groups in total. The Hall–Kier alpha value is -2.26. The fourth-order valence-corrected chi connectivity index (χ4v) is 4.44. The minimum Gasteiger partial charge on any atom is -0.377 e. The zero-order chi connectivity index (χ0) is 20.8. The number of hydrogen-bond acceptors (Lipinski definition) is 7. The smallest absolute Gasteiger partial charge is 0.261 e. The van der Waals surface area contributed by atoms with Gasteiger partial charge in [-0.05, 0) is 39.2 Å². The van der Waals surface area contributed by atoms with Crippen molar-refractivity contribution in [1.29, 1.82) is 0 Å². The quantitative estimate of drug-likeness (QED) is 0.575. The molecule has 3 heterocycles. The number of rotatable bonds is 10. The number of anilines is 1. The van der Waals surface area contributed by atoms with E-state index in [1.54, 1.807) is 0 Å². The normalized spacial score (nSPS) is 14.2. The van der Waals surface area contributed by atoms with Crippen molar-refractivity contribution in [3.8, 4) is 0 Å². The molecule has 1 fully saturated rings. The summed E-state index contributed by atoms with van der Waals surface area (Å²) >= 11 is 1.37. The number of likely N-dealkylation sites (tertiary alicyclic amines) is 1. The predicted octanol–water partition coefficient (Wildman–Crippen LogP) is 2.58. The largest absolute Gasteiger partial charge is 0.377 e. The van der Waals surface area contributed by atoms with E-state index in [0.717, 1.165) is 47.5 Å². The number of carbonyl (C=O) groups excluding carboxylic acids is 2. The van der Waals surface area contributed by atoms with Crippen LogP contribution in [0.1, 0.15) is 48.3 Å². The molecule has 0 aromatic carbocycles. The van der Waals surface area contributed by atoms with E-state index in [2.05, 4.69) is 20.6 Å². The molecule has 0 radical (unpaired) electrons. The Balaban J connectivity index is 1.60. The lowest BCUT2D eigenvalue weighted by molar-refractivity contribution is -0.127. The summed E-state index contributed by atoms with van der Waals surface area (Å²) < 4.78 is 5.47. The third-order valence-corrected chi connectivity index (χ3v) is 6.04. The van der Waals surface area contributed by atoms with Crippen LogP contribution in [-0.2, 0) is 9.53 Å². The monoisotopic (exact) mass is 419 g/mol. The van der Waals surface area contributed by atoms with Gasteiger partial charge in [-0.25, -0.2) is 9.97 Å². The number of nitrogens with zero attached hydrogens (tertiary/aromatic N) is 3. The van der Waals surface area contributed by atoms with Gasteiger partial charge in [0.1, 0.15) is 17.0 Å². The molecule has 2 aromatic heterocycles. The van der Waals surface area contributed by atoms with Gasteiger partial charge in [-0.15, -0.1) is 11.3 Å². The molecule has 158 valence electrons. The summed E-state index contributed by atoms with van der Waals surface area (Å²) in [5, 5.41) is 7.14. The second kappa shape index (κ2) is 9.98. The third-order valence-electron chi connectivity index (χ3n) is 4.84. The van der Waals surface area contributed by atoms with Crippen molar-refractivity contribution in [2.75, 3.05) is 38.1 Å². The highest BCUT2D eigenvalue weighted by Crippen LogP contribution is 2.33. The number of hydrogen-bond donors (Lipinski definition) is 2. The molecule has 8 nitrogen and oxygen atoms in total. The summed E-state index contributed by atoms with van der Waals surface area (Å²) in [6.07, 6.45) is 4.14. The fourth-order valence-electron chi connectivity index (χ4n) is 3.38. The zero-order valence-corrected chi connectivity index (χ0v) is 18.1. The number of nitrogens with one attached hydrogen (secondary N) is 2. The number of ether oxygens (including phenoxy) is 1. The Morgan fingerprint density at radius 3 is 2.90 bits per heavy atom. The maximum absolute atomic E-state index is 12.6. The fraction of sp³-hybridized carbons (Fsp3) is 0.600. The maximum atomic E-state index is 12.6. The minimum absolute atomic E-state index is 0.114. The first kappa shape index (κ1) is 21.4. The first-order valence-electron chi connectivity index (χ1n) is 10.1. The molecule has 0 unspecified atom stereocenters. The van der Waals surface area contributed by atoms with Crippen LogP contribution in [0, 0.1) is 6.92 Å². The van der Waals surface area contributed by atoms with Gasteiger partial charge in [0.15, 0.2) is 0 Å². The number of amides is 2. The topological polar surface area (TPSA) is 96.4 Å².